The van der Waals surface area contributed by atoms with Crippen LogP contribution in [0.5, 0.6) is 0 Å². The molecule has 0 aliphatic rings. The fourth-order valence-corrected chi connectivity index (χ4v) is 2.29. The molecule has 0 aliphatic carbocycles. The van der Waals surface area contributed by atoms with Crippen molar-refractivity contribution in [3.05, 3.63) is 35.9 Å². The van der Waals surface area contributed by atoms with Crippen LogP contribution < -0.4 is 0 Å². The molecule has 2 nitrogen and oxygen atoms in total. The number of ether oxygens (including phenoxy) is 1. The average molecular weight is 276 g/mol. The molecule has 1 N–H and O–H groups in total. The van der Waals surface area contributed by atoms with Crippen LogP contribution in [0, 0.1) is 11.5 Å². The lowest BCUT2D eigenvalue weighted by Crippen LogP contribution is -2.28. The molecule has 0 aliphatic heterocycles. The molecule has 1 rings (SSSR count). The Kier molecular flexibility index (Phi) is 6.30. The predicted octanol–water partition coefficient (Wildman–Crippen LogP) is 2.88. The van der Waals surface area contributed by atoms with Crippen LogP contribution in [0.3, 0.4) is 0 Å². The van der Waals surface area contributed by atoms with Gasteiger partial charge in [-0.15, -0.1) is 5.54 Å². The Labute approximate surface area is 117 Å². The van der Waals surface area contributed by atoms with Gasteiger partial charge in [-0.25, -0.2) is 0 Å². The molecule has 0 unspecified atom stereocenters. The second-order valence-corrected chi connectivity index (χ2v) is 10.5. The van der Waals surface area contributed by atoms with Crippen molar-refractivity contribution in [3.63, 3.8) is 0 Å². The van der Waals surface area contributed by atoms with Gasteiger partial charge >= 0.3 is 0 Å². The highest BCUT2D eigenvalue weighted by Gasteiger charge is 2.17. The third-order valence-corrected chi connectivity index (χ3v) is 3.66. The van der Waals surface area contributed by atoms with Gasteiger partial charge in [0.15, 0.2) is 0 Å². The Morgan fingerprint density at radius 2 is 1.84 bits per heavy atom. The summed E-state index contributed by atoms with van der Waals surface area (Å²) in [5, 5.41) is 10.2. The SMILES string of the molecule is CO[C@@H](C#C[Si](C)(C)C)[C@@H](O)CCc1ccccc1. The van der Waals surface area contributed by atoms with E-state index in [0.717, 1.165) is 6.42 Å². The summed E-state index contributed by atoms with van der Waals surface area (Å²) >= 11 is 0. The summed E-state index contributed by atoms with van der Waals surface area (Å²) in [6.45, 7) is 6.55. The van der Waals surface area contributed by atoms with Crippen molar-refractivity contribution in [1.82, 2.24) is 0 Å². The number of methoxy groups -OCH3 is 1. The van der Waals surface area contributed by atoms with Gasteiger partial charge in [-0.05, 0) is 18.4 Å². The van der Waals surface area contributed by atoms with Gasteiger partial charge in [0.25, 0.3) is 0 Å². The zero-order valence-corrected chi connectivity index (χ0v) is 13.3. The zero-order valence-electron chi connectivity index (χ0n) is 12.3. The van der Waals surface area contributed by atoms with Crippen molar-refractivity contribution in [1.29, 1.82) is 0 Å². The first-order chi connectivity index (χ1) is 8.92. The number of rotatable bonds is 5. The average Bonchev–Trinajstić information content (AvgIpc) is 2.37. The molecule has 104 valence electrons. The molecular formula is C16H24O2Si. The summed E-state index contributed by atoms with van der Waals surface area (Å²) in [4.78, 5) is 0. The Balaban J connectivity index is 2.54. The van der Waals surface area contributed by atoms with Crippen molar-refractivity contribution in [2.45, 2.75) is 44.7 Å². The van der Waals surface area contributed by atoms with Crippen LogP contribution in [0.25, 0.3) is 0 Å². The van der Waals surface area contributed by atoms with Gasteiger partial charge in [0.05, 0.1) is 6.10 Å². The van der Waals surface area contributed by atoms with Gasteiger partial charge in [0.2, 0.25) is 0 Å². The van der Waals surface area contributed by atoms with E-state index in [0.29, 0.717) is 6.42 Å². The van der Waals surface area contributed by atoms with E-state index >= 15 is 0 Å². The van der Waals surface area contributed by atoms with Crippen LogP contribution >= 0.6 is 0 Å². The Morgan fingerprint density at radius 1 is 1.21 bits per heavy atom. The maximum absolute atomic E-state index is 10.2. The van der Waals surface area contributed by atoms with E-state index in [1.807, 2.05) is 18.2 Å². The summed E-state index contributed by atoms with van der Waals surface area (Å²) in [6, 6.07) is 10.2. The largest absolute Gasteiger partial charge is 0.389 e. The Morgan fingerprint density at radius 3 is 2.37 bits per heavy atom. The lowest BCUT2D eigenvalue weighted by atomic mass is 10.0. The molecular weight excluding hydrogens is 252 g/mol. The lowest BCUT2D eigenvalue weighted by Gasteiger charge is -2.17. The lowest BCUT2D eigenvalue weighted by molar-refractivity contribution is 0.0185. The number of benzene rings is 1. The molecule has 0 aromatic heterocycles. The van der Waals surface area contributed by atoms with E-state index in [4.69, 9.17) is 4.74 Å². The zero-order chi connectivity index (χ0) is 14.3. The molecule has 0 bridgehead atoms. The van der Waals surface area contributed by atoms with Crippen LogP contribution in [-0.4, -0.2) is 32.5 Å². The summed E-state index contributed by atoms with van der Waals surface area (Å²) in [5.41, 5.74) is 4.49. The highest BCUT2D eigenvalue weighted by Crippen LogP contribution is 2.09. The van der Waals surface area contributed by atoms with Crippen molar-refractivity contribution in [2.75, 3.05) is 7.11 Å². The molecule has 0 amide bonds. The number of aryl methyl sites for hydroxylation is 1. The van der Waals surface area contributed by atoms with Gasteiger partial charge in [-0.3, -0.25) is 0 Å². The van der Waals surface area contributed by atoms with Crippen LogP contribution in [0.15, 0.2) is 30.3 Å². The highest BCUT2D eigenvalue weighted by atomic mass is 28.3. The monoisotopic (exact) mass is 276 g/mol. The van der Waals surface area contributed by atoms with Gasteiger partial charge in [-0.1, -0.05) is 55.9 Å². The molecule has 0 saturated carbocycles. The Hall–Kier alpha value is -1.08. The first-order valence-electron chi connectivity index (χ1n) is 6.70. The maximum atomic E-state index is 10.2. The third kappa shape index (κ3) is 6.58. The normalized spacial score (nSPS) is 14.4. The minimum Gasteiger partial charge on any atom is -0.389 e. The van der Waals surface area contributed by atoms with Crippen molar-refractivity contribution in [2.24, 2.45) is 0 Å². The van der Waals surface area contributed by atoms with E-state index in [9.17, 15) is 5.11 Å². The van der Waals surface area contributed by atoms with Gasteiger partial charge < -0.3 is 9.84 Å². The topological polar surface area (TPSA) is 29.5 Å². The van der Waals surface area contributed by atoms with E-state index in [2.05, 4.69) is 43.2 Å². The first-order valence-corrected chi connectivity index (χ1v) is 10.2. The van der Waals surface area contributed by atoms with Crippen LogP contribution in [0.1, 0.15) is 12.0 Å². The molecule has 2 atom stereocenters. The van der Waals surface area contributed by atoms with Crippen molar-refractivity contribution in [3.8, 4) is 11.5 Å². The van der Waals surface area contributed by atoms with Gasteiger partial charge in [0.1, 0.15) is 14.2 Å². The number of aliphatic hydroxyl groups is 1. The molecule has 1 aromatic rings. The van der Waals surface area contributed by atoms with E-state index < -0.39 is 14.2 Å². The minimum atomic E-state index is -1.42. The third-order valence-electron chi connectivity index (χ3n) is 2.76. The molecule has 1 aromatic carbocycles. The summed E-state index contributed by atoms with van der Waals surface area (Å²) < 4.78 is 5.29. The predicted molar refractivity (Wildman–Crippen MR) is 82.7 cm³/mol. The molecule has 3 heteroatoms. The number of hydrogen-bond acceptors (Lipinski definition) is 2. The molecule has 0 spiro atoms. The van der Waals surface area contributed by atoms with E-state index in [-0.39, 0.29) is 6.10 Å². The molecule has 0 fully saturated rings. The van der Waals surface area contributed by atoms with Crippen LogP contribution in [0.2, 0.25) is 19.6 Å². The summed E-state index contributed by atoms with van der Waals surface area (Å²) in [5.74, 6) is 3.08. The van der Waals surface area contributed by atoms with Crippen LogP contribution in [0.4, 0.5) is 0 Å². The quantitative estimate of drug-likeness (QED) is 0.662. The van der Waals surface area contributed by atoms with Crippen molar-refractivity contribution >= 4 is 8.07 Å². The standard InChI is InChI=1S/C16H24O2Si/c1-18-16(12-13-19(2,3)4)15(17)11-10-14-8-6-5-7-9-14/h5-9,15-17H,10-11H2,1-4H3/t15-,16-/m0/s1. The molecule has 19 heavy (non-hydrogen) atoms. The number of aliphatic hydroxyl groups excluding tert-OH is 1. The van der Waals surface area contributed by atoms with E-state index in [1.165, 1.54) is 5.56 Å². The molecule has 0 saturated heterocycles. The summed E-state index contributed by atoms with van der Waals surface area (Å²) in [6.07, 6.45) is 0.601. The smallest absolute Gasteiger partial charge is 0.142 e. The maximum Gasteiger partial charge on any atom is 0.142 e. The fraction of sp³-hybridized carbons (Fsp3) is 0.500. The highest BCUT2D eigenvalue weighted by molar-refractivity contribution is 6.83. The molecule has 0 radical (unpaired) electrons. The second kappa shape index (κ2) is 7.49. The second-order valence-electron chi connectivity index (χ2n) is 5.77. The Bertz CT molecular complexity index is 426. The van der Waals surface area contributed by atoms with Crippen LogP contribution in [-0.2, 0) is 11.2 Å². The fourth-order valence-electron chi connectivity index (χ4n) is 1.71. The summed E-state index contributed by atoms with van der Waals surface area (Å²) in [7, 11) is 0.185. The van der Waals surface area contributed by atoms with Gasteiger partial charge in [-0.2, -0.15) is 0 Å². The first kappa shape index (κ1) is 16.0. The molecule has 0 heterocycles. The van der Waals surface area contributed by atoms with E-state index in [1.54, 1.807) is 7.11 Å². The van der Waals surface area contributed by atoms with Crippen molar-refractivity contribution < 1.29 is 9.84 Å². The van der Waals surface area contributed by atoms with Gasteiger partial charge in [0, 0.05) is 7.11 Å². The minimum absolute atomic E-state index is 0.379. The number of hydrogen-bond donors (Lipinski definition) is 1.